The maximum absolute atomic E-state index is 9.51. The molecule has 1 aromatic carbocycles. The van der Waals surface area contributed by atoms with Crippen LogP contribution in [0.2, 0.25) is 0 Å². The van der Waals surface area contributed by atoms with E-state index in [2.05, 4.69) is 57.9 Å². The zero-order valence-corrected chi connectivity index (χ0v) is 12.6. The van der Waals surface area contributed by atoms with Crippen molar-refractivity contribution in [2.45, 2.75) is 25.4 Å². The van der Waals surface area contributed by atoms with Crippen LogP contribution in [0.15, 0.2) is 28.7 Å². The van der Waals surface area contributed by atoms with Crippen LogP contribution in [0.1, 0.15) is 13.3 Å². The SMILES string of the molecule is CC1CCN(C)C(CO)CN1c1cccc(Br)c1. The second-order valence-electron chi connectivity index (χ2n) is 5.09. The van der Waals surface area contributed by atoms with Crippen molar-refractivity contribution >= 4 is 21.6 Å². The Morgan fingerprint density at radius 2 is 2.22 bits per heavy atom. The molecule has 1 aliphatic heterocycles. The third-order valence-corrected chi connectivity index (χ3v) is 4.31. The van der Waals surface area contributed by atoms with Crippen molar-refractivity contribution in [1.29, 1.82) is 0 Å². The van der Waals surface area contributed by atoms with E-state index in [1.54, 1.807) is 0 Å². The summed E-state index contributed by atoms with van der Waals surface area (Å²) in [5, 5.41) is 9.51. The molecule has 1 aliphatic rings. The molecule has 2 atom stereocenters. The van der Waals surface area contributed by atoms with Gasteiger partial charge in [-0.25, -0.2) is 0 Å². The molecule has 0 saturated carbocycles. The zero-order valence-electron chi connectivity index (χ0n) is 11.0. The van der Waals surface area contributed by atoms with E-state index in [4.69, 9.17) is 0 Å². The Labute approximate surface area is 118 Å². The highest BCUT2D eigenvalue weighted by Crippen LogP contribution is 2.25. The topological polar surface area (TPSA) is 26.7 Å². The molecule has 0 radical (unpaired) electrons. The molecular weight excluding hydrogens is 292 g/mol. The van der Waals surface area contributed by atoms with Gasteiger partial charge < -0.3 is 10.0 Å². The molecular formula is C14H21BrN2O. The largest absolute Gasteiger partial charge is 0.395 e. The average molecular weight is 313 g/mol. The van der Waals surface area contributed by atoms with Gasteiger partial charge in [-0.05, 0) is 38.6 Å². The Hall–Kier alpha value is -0.580. The summed E-state index contributed by atoms with van der Waals surface area (Å²) in [5.41, 5.74) is 1.23. The number of nitrogens with zero attached hydrogens (tertiary/aromatic N) is 2. The first-order valence-corrected chi connectivity index (χ1v) is 7.24. The lowest BCUT2D eigenvalue weighted by atomic mass is 10.1. The van der Waals surface area contributed by atoms with Crippen molar-refractivity contribution in [2.24, 2.45) is 0 Å². The van der Waals surface area contributed by atoms with Crippen molar-refractivity contribution in [3.05, 3.63) is 28.7 Å². The highest BCUT2D eigenvalue weighted by molar-refractivity contribution is 9.10. The Balaban J connectivity index is 2.24. The van der Waals surface area contributed by atoms with Crippen LogP contribution in [-0.4, -0.2) is 48.8 Å². The van der Waals surface area contributed by atoms with Gasteiger partial charge in [-0.3, -0.25) is 4.90 Å². The second kappa shape index (κ2) is 6.04. The highest BCUT2D eigenvalue weighted by atomic mass is 79.9. The lowest BCUT2D eigenvalue weighted by Crippen LogP contribution is -2.43. The fraction of sp³-hybridized carbons (Fsp3) is 0.571. The van der Waals surface area contributed by atoms with Crippen LogP contribution in [0, 0.1) is 0 Å². The first kappa shape index (κ1) is 13.8. The van der Waals surface area contributed by atoms with Crippen LogP contribution in [0.4, 0.5) is 5.69 Å². The van der Waals surface area contributed by atoms with E-state index < -0.39 is 0 Å². The second-order valence-corrected chi connectivity index (χ2v) is 6.00. The minimum atomic E-state index is 0.216. The van der Waals surface area contributed by atoms with E-state index in [0.29, 0.717) is 6.04 Å². The molecule has 0 aliphatic carbocycles. The van der Waals surface area contributed by atoms with Gasteiger partial charge in [-0.1, -0.05) is 22.0 Å². The Morgan fingerprint density at radius 3 is 2.89 bits per heavy atom. The Morgan fingerprint density at radius 1 is 1.44 bits per heavy atom. The maximum Gasteiger partial charge on any atom is 0.0604 e. The molecule has 1 saturated heterocycles. The maximum atomic E-state index is 9.51. The van der Waals surface area contributed by atoms with E-state index >= 15 is 0 Å². The van der Waals surface area contributed by atoms with Gasteiger partial charge in [0.05, 0.1) is 6.61 Å². The van der Waals surface area contributed by atoms with Gasteiger partial charge in [-0.2, -0.15) is 0 Å². The van der Waals surface area contributed by atoms with Crippen molar-refractivity contribution in [3.63, 3.8) is 0 Å². The number of hydrogen-bond donors (Lipinski definition) is 1. The van der Waals surface area contributed by atoms with Crippen molar-refractivity contribution in [3.8, 4) is 0 Å². The molecule has 2 unspecified atom stereocenters. The summed E-state index contributed by atoms with van der Waals surface area (Å²) < 4.78 is 1.10. The molecule has 1 aromatic rings. The van der Waals surface area contributed by atoms with E-state index in [1.807, 2.05) is 6.07 Å². The summed E-state index contributed by atoms with van der Waals surface area (Å²) in [6.45, 7) is 4.39. The molecule has 3 nitrogen and oxygen atoms in total. The molecule has 100 valence electrons. The third kappa shape index (κ3) is 3.05. The predicted octanol–water partition coefficient (Wildman–Crippen LogP) is 2.34. The number of aliphatic hydroxyl groups is 1. The number of benzene rings is 1. The van der Waals surface area contributed by atoms with Crippen LogP contribution in [0.5, 0.6) is 0 Å². The normalized spacial score (nSPS) is 26.1. The first-order chi connectivity index (χ1) is 8.61. The lowest BCUT2D eigenvalue weighted by molar-refractivity contribution is 0.159. The molecule has 2 rings (SSSR count). The highest BCUT2D eigenvalue weighted by Gasteiger charge is 2.26. The minimum Gasteiger partial charge on any atom is -0.395 e. The van der Waals surface area contributed by atoms with Crippen LogP contribution in [0.3, 0.4) is 0 Å². The van der Waals surface area contributed by atoms with Gasteiger partial charge in [0.15, 0.2) is 0 Å². The molecule has 0 amide bonds. The standard InChI is InChI=1S/C14H21BrN2O/c1-11-6-7-16(2)14(10-18)9-17(11)13-5-3-4-12(15)8-13/h3-5,8,11,14,18H,6-7,9-10H2,1-2H3. The van der Waals surface area contributed by atoms with Crippen LogP contribution < -0.4 is 4.90 Å². The Bertz CT molecular complexity index is 399. The number of anilines is 1. The molecule has 18 heavy (non-hydrogen) atoms. The van der Waals surface area contributed by atoms with E-state index in [0.717, 1.165) is 24.0 Å². The van der Waals surface area contributed by atoms with Crippen molar-refractivity contribution < 1.29 is 5.11 Å². The smallest absolute Gasteiger partial charge is 0.0604 e. The molecule has 4 heteroatoms. The third-order valence-electron chi connectivity index (χ3n) is 3.81. The monoisotopic (exact) mass is 312 g/mol. The lowest BCUT2D eigenvalue weighted by Gasteiger charge is -2.32. The average Bonchev–Trinajstić information content (AvgIpc) is 2.50. The van der Waals surface area contributed by atoms with Crippen LogP contribution >= 0.6 is 15.9 Å². The van der Waals surface area contributed by atoms with Gasteiger partial charge in [-0.15, -0.1) is 0 Å². The number of rotatable bonds is 2. The summed E-state index contributed by atoms with van der Waals surface area (Å²) >= 11 is 3.53. The Kier molecular flexibility index (Phi) is 4.65. The van der Waals surface area contributed by atoms with E-state index in [9.17, 15) is 5.11 Å². The van der Waals surface area contributed by atoms with E-state index in [1.165, 1.54) is 5.69 Å². The summed E-state index contributed by atoms with van der Waals surface area (Å²) in [6, 6.07) is 9.11. The fourth-order valence-corrected chi connectivity index (χ4v) is 2.87. The quantitative estimate of drug-likeness (QED) is 0.908. The van der Waals surface area contributed by atoms with Gasteiger partial charge in [0.1, 0.15) is 0 Å². The van der Waals surface area contributed by atoms with Crippen molar-refractivity contribution in [2.75, 3.05) is 31.6 Å². The molecule has 0 aromatic heterocycles. The molecule has 0 spiro atoms. The number of aliphatic hydroxyl groups excluding tert-OH is 1. The van der Waals surface area contributed by atoms with Crippen LogP contribution in [-0.2, 0) is 0 Å². The van der Waals surface area contributed by atoms with Gasteiger partial charge in [0.2, 0.25) is 0 Å². The molecule has 1 fully saturated rings. The van der Waals surface area contributed by atoms with Gasteiger partial charge >= 0.3 is 0 Å². The zero-order chi connectivity index (χ0) is 13.1. The first-order valence-electron chi connectivity index (χ1n) is 6.45. The van der Waals surface area contributed by atoms with Gasteiger partial charge in [0, 0.05) is 35.3 Å². The van der Waals surface area contributed by atoms with Gasteiger partial charge in [0.25, 0.3) is 0 Å². The number of hydrogen-bond acceptors (Lipinski definition) is 3. The summed E-state index contributed by atoms with van der Waals surface area (Å²) in [6.07, 6.45) is 1.12. The molecule has 1 heterocycles. The summed E-state index contributed by atoms with van der Waals surface area (Å²) in [5.74, 6) is 0. The number of halogens is 1. The van der Waals surface area contributed by atoms with Crippen LogP contribution in [0.25, 0.3) is 0 Å². The number of likely N-dealkylation sites (N-methyl/N-ethyl adjacent to an activating group) is 1. The van der Waals surface area contributed by atoms with E-state index in [-0.39, 0.29) is 12.6 Å². The molecule has 0 bridgehead atoms. The minimum absolute atomic E-state index is 0.216. The summed E-state index contributed by atoms with van der Waals surface area (Å²) in [4.78, 5) is 4.66. The summed E-state index contributed by atoms with van der Waals surface area (Å²) in [7, 11) is 2.10. The van der Waals surface area contributed by atoms with Crippen molar-refractivity contribution in [1.82, 2.24) is 4.90 Å². The fourth-order valence-electron chi connectivity index (χ4n) is 2.49. The predicted molar refractivity (Wildman–Crippen MR) is 79.1 cm³/mol. The molecule has 1 N–H and O–H groups in total.